The summed E-state index contributed by atoms with van der Waals surface area (Å²) in [5, 5.41) is 9.44. The zero-order chi connectivity index (χ0) is 12.7. The maximum absolute atomic E-state index is 12.2. The van der Waals surface area contributed by atoms with Crippen molar-refractivity contribution in [1.82, 2.24) is 0 Å². The minimum atomic E-state index is -0.222. The molecule has 1 heterocycles. The molecule has 1 aliphatic heterocycles. The lowest BCUT2D eigenvalue weighted by Crippen LogP contribution is -2.31. The molecule has 4 heteroatoms. The molecule has 92 valence electrons. The van der Waals surface area contributed by atoms with Crippen molar-refractivity contribution in [2.75, 3.05) is 4.90 Å². The number of aromatic hydroxyl groups is 1. The fourth-order valence-corrected chi connectivity index (χ4v) is 2.61. The Bertz CT molecular complexity index is 546. The predicted octanol–water partition coefficient (Wildman–Crippen LogP) is 2.14. The molecule has 4 nitrogen and oxygen atoms in total. The molecule has 0 unspecified atom stereocenters. The number of carbonyl (C=O) groups excluding carboxylic acids is 2. The van der Waals surface area contributed by atoms with Gasteiger partial charge in [0.25, 0.3) is 11.8 Å². The van der Waals surface area contributed by atoms with E-state index in [9.17, 15) is 14.7 Å². The Morgan fingerprint density at radius 2 is 1.61 bits per heavy atom. The topological polar surface area (TPSA) is 57.6 Å². The van der Waals surface area contributed by atoms with E-state index in [4.69, 9.17) is 0 Å². The number of phenolic OH excluding ortho intramolecular Hbond substituents is 1. The van der Waals surface area contributed by atoms with Gasteiger partial charge in [-0.15, -0.1) is 0 Å². The van der Waals surface area contributed by atoms with Crippen molar-refractivity contribution in [3.8, 4) is 5.75 Å². The van der Waals surface area contributed by atoms with Gasteiger partial charge in [-0.3, -0.25) is 9.59 Å². The van der Waals surface area contributed by atoms with E-state index in [1.807, 2.05) is 0 Å². The standard InChI is InChI=1S/C14H13NO3/c16-10-5-3-4-9(8-10)15-13(17)11-6-1-2-7-12(11)14(15)18/h3-5,8,16H,1-2,6-7H2. The summed E-state index contributed by atoms with van der Waals surface area (Å²) >= 11 is 0. The number of anilines is 1. The molecule has 0 atom stereocenters. The number of nitrogens with zero attached hydrogens (tertiary/aromatic N) is 1. The Hall–Kier alpha value is -2.10. The van der Waals surface area contributed by atoms with E-state index >= 15 is 0 Å². The van der Waals surface area contributed by atoms with Crippen molar-refractivity contribution < 1.29 is 14.7 Å². The first kappa shape index (κ1) is 11.0. The molecular formula is C14H13NO3. The second-order valence-electron chi connectivity index (χ2n) is 4.63. The highest BCUT2D eigenvalue weighted by molar-refractivity contribution is 6.33. The summed E-state index contributed by atoms with van der Waals surface area (Å²) in [6.07, 6.45) is 3.31. The lowest BCUT2D eigenvalue weighted by atomic mass is 9.93. The highest BCUT2D eigenvalue weighted by Gasteiger charge is 2.39. The Morgan fingerprint density at radius 3 is 2.17 bits per heavy atom. The molecule has 3 rings (SSSR count). The molecule has 0 bridgehead atoms. The molecular weight excluding hydrogens is 230 g/mol. The minimum Gasteiger partial charge on any atom is -0.508 e. The second-order valence-corrected chi connectivity index (χ2v) is 4.63. The molecule has 1 aliphatic carbocycles. The summed E-state index contributed by atoms with van der Waals surface area (Å²) in [6, 6.07) is 6.24. The molecule has 0 saturated carbocycles. The van der Waals surface area contributed by atoms with Gasteiger partial charge in [0.05, 0.1) is 5.69 Å². The smallest absolute Gasteiger partial charge is 0.261 e. The third kappa shape index (κ3) is 1.53. The maximum atomic E-state index is 12.2. The van der Waals surface area contributed by atoms with Gasteiger partial charge in [0.1, 0.15) is 5.75 Å². The lowest BCUT2D eigenvalue weighted by Gasteiger charge is -2.15. The number of imide groups is 1. The van der Waals surface area contributed by atoms with Crippen LogP contribution in [0.4, 0.5) is 5.69 Å². The van der Waals surface area contributed by atoms with Gasteiger partial charge in [0.15, 0.2) is 0 Å². The minimum absolute atomic E-state index is 0.0537. The predicted molar refractivity (Wildman–Crippen MR) is 66.1 cm³/mol. The van der Waals surface area contributed by atoms with Crippen LogP contribution in [0.1, 0.15) is 25.7 Å². The summed E-state index contributed by atoms with van der Waals surface area (Å²) < 4.78 is 0. The van der Waals surface area contributed by atoms with E-state index in [0.717, 1.165) is 12.8 Å². The highest BCUT2D eigenvalue weighted by atomic mass is 16.3. The summed E-state index contributed by atoms with van der Waals surface area (Å²) in [6.45, 7) is 0. The molecule has 1 aromatic carbocycles. The number of carbonyl (C=O) groups is 2. The van der Waals surface area contributed by atoms with Crippen molar-refractivity contribution in [2.45, 2.75) is 25.7 Å². The van der Waals surface area contributed by atoms with Crippen LogP contribution in [0, 0.1) is 0 Å². The fraction of sp³-hybridized carbons (Fsp3) is 0.286. The lowest BCUT2D eigenvalue weighted by molar-refractivity contribution is -0.120. The first-order valence-electron chi connectivity index (χ1n) is 6.08. The Kier molecular flexibility index (Phi) is 2.44. The number of benzene rings is 1. The SMILES string of the molecule is O=C1C2=C(CCCC2)C(=O)N1c1cccc(O)c1. The van der Waals surface area contributed by atoms with Crippen LogP contribution in [-0.2, 0) is 9.59 Å². The number of hydrogen-bond donors (Lipinski definition) is 1. The normalized spacial score (nSPS) is 19.4. The van der Waals surface area contributed by atoms with E-state index in [0.29, 0.717) is 29.7 Å². The van der Waals surface area contributed by atoms with E-state index < -0.39 is 0 Å². The van der Waals surface area contributed by atoms with Gasteiger partial charge in [-0.25, -0.2) is 4.90 Å². The van der Waals surface area contributed by atoms with Gasteiger partial charge in [-0.2, -0.15) is 0 Å². The Morgan fingerprint density at radius 1 is 1.00 bits per heavy atom. The van der Waals surface area contributed by atoms with Gasteiger partial charge in [-0.1, -0.05) is 6.07 Å². The van der Waals surface area contributed by atoms with Crippen LogP contribution in [0.25, 0.3) is 0 Å². The maximum Gasteiger partial charge on any atom is 0.261 e. The van der Waals surface area contributed by atoms with Crippen molar-refractivity contribution >= 4 is 17.5 Å². The first-order valence-corrected chi connectivity index (χ1v) is 6.08. The molecule has 0 aromatic heterocycles. The van der Waals surface area contributed by atoms with E-state index in [2.05, 4.69) is 0 Å². The van der Waals surface area contributed by atoms with Gasteiger partial charge in [0.2, 0.25) is 0 Å². The molecule has 0 radical (unpaired) electrons. The average molecular weight is 243 g/mol. The number of rotatable bonds is 1. The van der Waals surface area contributed by atoms with Crippen molar-refractivity contribution in [3.05, 3.63) is 35.4 Å². The fourth-order valence-electron chi connectivity index (χ4n) is 2.61. The molecule has 1 N–H and O–H groups in total. The van der Waals surface area contributed by atoms with Crippen LogP contribution >= 0.6 is 0 Å². The van der Waals surface area contributed by atoms with E-state index in [1.54, 1.807) is 12.1 Å². The number of amides is 2. The molecule has 0 spiro atoms. The number of phenols is 1. The molecule has 2 aliphatic rings. The summed E-state index contributed by atoms with van der Waals surface area (Å²) in [7, 11) is 0. The van der Waals surface area contributed by atoms with Crippen molar-refractivity contribution in [2.24, 2.45) is 0 Å². The van der Waals surface area contributed by atoms with Crippen LogP contribution in [0.3, 0.4) is 0 Å². The van der Waals surface area contributed by atoms with Gasteiger partial charge in [-0.05, 0) is 37.8 Å². The molecule has 2 amide bonds. The largest absolute Gasteiger partial charge is 0.508 e. The van der Waals surface area contributed by atoms with Crippen molar-refractivity contribution in [1.29, 1.82) is 0 Å². The summed E-state index contributed by atoms with van der Waals surface area (Å²) in [5.41, 5.74) is 1.77. The molecule has 0 fully saturated rings. The Labute approximate surface area is 105 Å². The first-order chi connectivity index (χ1) is 8.68. The van der Waals surface area contributed by atoms with Crippen LogP contribution in [-0.4, -0.2) is 16.9 Å². The second kappa shape index (κ2) is 3.98. The van der Waals surface area contributed by atoms with E-state index in [1.165, 1.54) is 17.0 Å². The van der Waals surface area contributed by atoms with Crippen LogP contribution < -0.4 is 4.90 Å². The molecule has 0 saturated heterocycles. The molecule has 1 aromatic rings. The Balaban J connectivity index is 2.02. The summed E-state index contributed by atoms with van der Waals surface area (Å²) in [4.78, 5) is 25.6. The van der Waals surface area contributed by atoms with Gasteiger partial charge < -0.3 is 5.11 Å². The third-order valence-corrected chi connectivity index (χ3v) is 3.48. The third-order valence-electron chi connectivity index (χ3n) is 3.48. The number of hydrogen-bond acceptors (Lipinski definition) is 3. The summed E-state index contributed by atoms with van der Waals surface area (Å²) in [5.74, 6) is -0.390. The van der Waals surface area contributed by atoms with E-state index in [-0.39, 0.29) is 17.6 Å². The highest BCUT2D eigenvalue weighted by Crippen LogP contribution is 2.36. The molecule has 18 heavy (non-hydrogen) atoms. The average Bonchev–Trinajstić information content (AvgIpc) is 2.63. The monoisotopic (exact) mass is 243 g/mol. The van der Waals surface area contributed by atoms with Crippen LogP contribution in [0.15, 0.2) is 35.4 Å². The zero-order valence-corrected chi connectivity index (χ0v) is 9.85. The van der Waals surface area contributed by atoms with Crippen molar-refractivity contribution in [3.63, 3.8) is 0 Å². The van der Waals surface area contributed by atoms with Gasteiger partial charge >= 0.3 is 0 Å². The quantitative estimate of drug-likeness (QED) is 0.769. The van der Waals surface area contributed by atoms with Crippen LogP contribution in [0.5, 0.6) is 5.75 Å². The van der Waals surface area contributed by atoms with Gasteiger partial charge in [0, 0.05) is 17.2 Å². The van der Waals surface area contributed by atoms with Crippen LogP contribution in [0.2, 0.25) is 0 Å². The zero-order valence-electron chi connectivity index (χ0n) is 9.85.